The summed E-state index contributed by atoms with van der Waals surface area (Å²) in [5.41, 5.74) is 0.280. The van der Waals surface area contributed by atoms with Crippen molar-refractivity contribution in [2.45, 2.75) is 6.92 Å². The van der Waals surface area contributed by atoms with Crippen LogP contribution in [0.15, 0.2) is 48.2 Å². The molecule has 0 fully saturated rings. The summed E-state index contributed by atoms with van der Waals surface area (Å²) >= 11 is 1.47. The first-order valence-corrected chi connectivity index (χ1v) is 6.76. The van der Waals surface area contributed by atoms with Crippen LogP contribution in [0.1, 0.15) is 20.1 Å². The maximum atomic E-state index is 11.9. The van der Waals surface area contributed by atoms with E-state index in [1.54, 1.807) is 30.3 Å². The van der Waals surface area contributed by atoms with Crippen molar-refractivity contribution in [1.82, 2.24) is 5.32 Å². The molecule has 0 bridgehead atoms. The Kier molecular flexibility index (Phi) is 4.32. The fourth-order valence-electron chi connectivity index (χ4n) is 1.61. The number of carbonyl (C=O) groups is 2. The van der Waals surface area contributed by atoms with Gasteiger partial charge < -0.3 is 10.4 Å². The molecule has 2 N–H and O–H groups in total. The normalized spacial score (nSPS) is 11.2. The van der Waals surface area contributed by atoms with Gasteiger partial charge in [-0.2, -0.15) is 0 Å². The molecule has 1 heterocycles. The molecule has 0 unspecified atom stereocenters. The number of carboxylic acid groups (broad SMARTS) is 1. The molecule has 0 radical (unpaired) electrons. The van der Waals surface area contributed by atoms with Crippen LogP contribution in [0, 0.1) is 6.92 Å². The number of thiophene rings is 1. The molecule has 20 heavy (non-hydrogen) atoms. The number of aliphatic carboxylic acids is 1. The molecule has 5 heteroatoms. The first-order valence-electron chi connectivity index (χ1n) is 5.94. The Hall–Kier alpha value is -2.40. The van der Waals surface area contributed by atoms with Crippen LogP contribution < -0.4 is 5.32 Å². The number of benzene rings is 1. The molecule has 4 nitrogen and oxygen atoms in total. The van der Waals surface area contributed by atoms with Gasteiger partial charge in [0.05, 0.1) is 0 Å². The van der Waals surface area contributed by atoms with Crippen LogP contribution in [0.2, 0.25) is 0 Å². The number of amides is 1. The van der Waals surface area contributed by atoms with E-state index in [9.17, 15) is 9.59 Å². The van der Waals surface area contributed by atoms with E-state index in [2.05, 4.69) is 5.32 Å². The van der Waals surface area contributed by atoms with Gasteiger partial charge in [0.25, 0.3) is 5.91 Å². The van der Waals surface area contributed by atoms with Crippen LogP contribution in [0.3, 0.4) is 0 Å². The highest BCUT2D eigenvalue weighted by molar-refractivity contribution is 7.12. The van der Waals surface area contributed by atoms with Crippen molar-refractivity contribution in [1.29, 1.82) is 0 Å². The predicted octanol–water partition coefficient (Wildman–Crippen LogP) is 2.91. The molecule has 1 aromatic carbocycles. The Balaban J connectivity index is 2.20. The van der Waals surface area contributed by atoms with Gasteiger partial charge in [0.1, 0.15) is 5.70 Å². The molecule has 0 aliphatic rings. The summed E-state index contributed by atoms with van der Waals surface area (Å²) in [6.07, 6.45) is 1.46. The van der Waals surface area contributed by atoms with E-state index in [-0.39, 0.29) is 5.70 Å². The highest BCUT2D eigenvalue weighted by Gasteiger charge is 2.13. The lowest BCUT2D eigenvalue weighted by molar-refractivity contribution is -0.132. The zero-order valence-corrected chi connectivity index (χ0v) is 11.6. The van der Waals surface area contributed by atoms with Crippen molar-refractivity contribution < 1.29 is 14.7 Å². The summed E-state index contributed by atoms with van der Waals surface area (Å²) in [5, 5.41) is 11.6. The van der Waals surface area contributed by atoms with E-state index >= 15 is 0 Å². The molecule has 0 spiro atoms. The molecule has 1 amide bonds. The minimum Gasteiger partial charge on any atom is -0.477 e. The van der Waals surface area contributed by atoms with E-state index in [0.29, 0.717) is 5.56 Å². The molecule has 0 saturated heterocycles. The molecule has 0 aliphatic heterocycles. The summed E-state index contributed by atoms with van der Waals surface area (Å²) in [7, 11) is 0. The van der Waals surface area contributed by atoms with Crippen molar-refractivity contribution in [3.63, 3.8) is 0 Å². The second kappa shape index (κ2) is 6.16. The molecule has 2 rings (SSSR count). The van der Waals surface area contributed by atoms with Gasteiger partial charge in [-0.25, -0.2) is 4.79 Å². The lowest BCUT2D eigenvalue weighted by Crippen LogP contribution is -2.27. The number of carboxylic acids is 1. The van der Waals surface area contributed by atoms with E-state index in [4.69, 9.17) is 5.11 Å². The maximum absolute atomic E-state index is 11.9. The molecule has 0 atom stereocenters. The third kappa shape index (κ3) is 3.55. The van der Waals surface area contributed by atoms with E-state index in [0.717, 1.165) is 9.75 Å². The van der Waals surface area contributed by atoms with Gasteiger partial charge in [0.15, 0.2) is 0 Å². The molecule has 2 aromatic rings. The number of nitrogens with one attached hydrogen (secondary N) is 1. The predicted molar refractivity (Wildman–Crippen MR) is 78.6 cm³/mol. The van der Waals surface area contributed by atoms with Crippen LogP contribution >= 0.6 is 11.3 Å². The number of rotatable bonds is 4. The number of hydrogen-bond acceptors (Lipinski definition) is 3. The van der Waals surface area contributed by atoms with Crippen LogP contribution in [0.4, 0.5) is 0 Å². The van der Waals surface area contributed by atoms with Gasteiger partial charge in [0, 0.05) is 15.3 Å². The fraction of sp³-hybridized carbons (Fsp3) is 0.0667. The average Bonchev–Trinajstić information content (AvgIpc) is 2.84. The number of hydrogen-bond donors (Lipinski definition) is 2. The first-order chi connectivity index (χ1) is 9.56. The van der Waals surface area contributed by atoms with Crippen molar-refractivity contribution in [3.8, 4) is 0 Å². The third-order valence-electron chi connectivity index (χ3n) is 2.56. The second-order valence-corrected chi connectivity index (χ2v) is 5.45. The standard InChI is InChI=1S/C15H13NO3S/c1-10-7-8-12(20-10)9-13(15(18)19)16-14(17)11-5-3-2-4-6-11/h2-9H,1H3,(H,16,17)(H,18,19)/b13-9-. The van der Waals surface area contributed by atoms with Crippen LogP contribution in [-0.4, -0.2) is 17.0 Å². The van der Waals surface area contributed by atoms with Gasteiger partial charge in [-0.15, -0.1) is 11.3 Å². The van der Waals surface area contributed by atoms with Crippen molar-refractivity contribution in [3.05, 3.63) is 63.5 Å². The molecule has 1 aromatic heterocycles. The monoisotopic (exact) mass is 287 g/mol. The first kappa shape index (κ1) is 14.0. The summed E-state index contributed by atoms with van der Waals surface area (Å²) in [6, 6.07) is 12.2. The van der Waals surface area contributed by atoms with Gasteiger partial charge in [-0.1, -0.05) is 18.2 Å². The fourth-order valence-corrected chi connectivity index (χ4v) is 2.43. The lowest BCUT2D eigenvalue weighted by atomic mass is 10.2. The maximum Gasteiger partial charge on any atom is 0.352 e. The van der Waals surface area contributed by atoms with Crippen LogP contribution in [-0.2, 0) is 4.79 Å². The zero-order chi connectivity index (χ0) is 14.5. The summed E-state index contributed by atoms with van der Waals surface area (Å²) < 4.78 is 0. The molecular weight excluding hydrogens is 274 g/mol. The Labute approximate surface area is 120 Å². The Morgan fingerprint density at radius 3 is 2.40 bits per heavy atom. The van der Waals surface area contributed by atoms with Crippen LogP contribution in [0.5, 0.6) is 0 Å². The molecule has 0 saturated carbocycles. The topological polar surface area (TPSA) is 66.4 Å². The van der Waals surface area contributed by atoms with Crippen molar-refractivity contribution in [2.24, 2.45) is 0 Å². The van der Waals surface area contributed by atoms with Gasteiger partial charge in [-0.05, 0) is 37.3 Å². The van der Waals surface area contributed by atoms with Gasteiger partial charge in [0.2, 0.25) is 0 Å². The highest BCUT2D eigenvalue weighted by atomic mass is 32.1. The minimum absolute atomic E-state index is 0.138. The quantitative estimate of drug-likeness (QED) is 0.850. The Morgan fingerprint density at radius 2 is 1.85 bits per heavy atom. The van der Waals surface area contributed by atoms with Gasteiger partial charge >= 0.3 is 5.97 Å². The second-order valence-electron chi connectivity index (χ2n) is 4.13. The van der Waals surface area contributed by atoms with E-state index in [1.165, 1.54) is 17.4 Å². The molecular formula is C15H13NO3S. The number of aryl methyl sites for hydroxylation is 1. The molecule has 0 aliphatic carbocycles. The van der Waals surface area contributed by atoms with E-state index in [1.807, 2.05) is 19.1 Å². The summed E-state index contributed by atoms with van der Waals surface area (Å²) in [6.45, 7) is 1.94. The SMILES string of the molecule is Cc1ccc(/C=C(\NC(=O)c2ccccc2)C(=O)O)s1. The summed E-state index contributed by atoms with van der Waals surface area (Å²) in [5.74, 6) is -1.60. The minimum atomic E-state index is -1.17. The third-order valence-corrected chi connectivity index (χ3v) is 3.51. The molecule has 102 valence electrons. The highest BCUT2D eigenvalue weighted by Crippen LogP contribution is 2.18. The Morgan fingerprint density at radius 1 is 1.15 bits per heavy atom. The van der Waals surface area contributed by atoms with E-state index < -0.39 is 11.9 Å². The zero-order valence-electron chi connectivity index (χ0n) is 10.8. The number of carbonyl (C=O) groups excluding carboxylic acids is 1. The van der Waals surface area contributed by atoms with Crippen molar-refractivity contribution >= 4 is 29.3 Å². The summed E-state index contributed by atoms with van der Waals surface area (Å²) in [4.78, 5) is 25.0. The smallest absolute Gasteiger partial charge is 0.352 e. The largest absolute Gasteiger partial charge is 0.477 e. The average molecular weight is 287 g/mol. The lowest BCUT2D eigenvalue weighted by Gasteiger charge is -2.05. The Bertz CT molecular complexity index is 659. The van der Waals surface area contributed by atoms with Crippen LogP contribution in [0.25, 0.3) is 6.08 Å². The van der Waals surface area contributed by atoms with Crippen molar-refractivity contribution in [2.75, 3.05) is 0 Å². The van der Waals surface area contributed by atoms with Gasteiger partial charge in [-0.3, -0.25) is 4.79 Å².